The first-order valence-corrected chi connectivity index (χ1v) is 17.8. The predicted octanol–water partition coefficient (Wildman–Crippen LogP) is 7.65. The van der Waals surface area contributed by atoms with E-state index in [2.05, 4.69) is 11.4 Å². The molecule has 0 aromatic carbocycles. The minimum absolute atomic E-state index is 0.170. The van der Waals surface area contributed by atoms with Gasteiger partial charge in [-0.15, -0.1) is 0 Å². The Morgan fingerprint density at radius 1 is 0.675 bits per heavy atom. The largest absolute Gasteiger partial charge is 0.469 e. The topological polar surface area (TPSA) is 136 Å². The van der Waals surface area contributed by atoms with E-state index < -0.39 is 32.5 Å². The molecule has 1 atom stereocenters. The van der Waals surface area contributed by atoms with Crippen LogP contribution in [-0.4, -0.2) is 51.9 Å². The molecule has 0 spiro atoms. The smallest absolute Gasteiger partial charge is 0.462 e. The van der Waals surface area contributed by atoms with Gasteiger partial charge in [-0.25, -0.2) is 4.57 Å². The molecular weight excluding hydrogens is 555 g/mol. The highest BCUT2D eigenvalue weighted by molar-refractivity contribution is 8.13. The molecule has 0 aromatic heterocycles. The first-order chi connectivity index (χ1) is 19.1. The maximum absolute atomic E-state index is 12.2. The number of ether oxygens (including phenoxy) is 2. The highest BCUT2D eigenvalue weighted by atomic mass is 32.2. The van der Waals surface area contributed by atoms with Gasteiger partial charge in [0.2, 0.25) is 0 Å². The summed E-state index contributed by atoms with van der Waals surface area (Å²) >= 11 is 1.38. The summed E-state index contributed by atoms with van der Waals surface area (Å²) < 4.78 is 26.1. The van der Waals surface area contributed by atoms with Crippen molar-refractivity contribution in [3.63, 3.8) is 0 Å². The summed E-state index contributed by atoms with van der Waals surface area (Å²) in [5, 5.41) is 0.170. The van der Waals surface area contributed by atoms with Crippen LogP contribution in [0, 0.1) is 0 Å². The van der Waals surface area contributed by atoms with Gasteiger partial charge >= 0.3 is 19.8 Å². The van der Waals surface area contributed by atoms with Crippen LogP contribution in [0.25, 0.3) is 0 Å². The monoisotopic (exact) mass is 610 g/mol. The number of hydrogen-bond donors (Lipinski definition) is 2. The van der Waals surface area contributed by atoms with Crippen LogP contribution < -0.4 is 0 Å². The zero-order valence-electron chi connectivity index (χ0n) is 24.9. The van der Waals surface area contributed by atoms with Crippen molar-refractivity contribution in [3.8, 4) is 0 Å². The van der Waals surface area contributed by atoms with Crippen molar-refractivity contribution < 1.29 is 42.7 Å². The third-order valence-electron chi connectivity index (χ3n) is 6.47. The first kappa shape index (κ1) is 39.1. The molecule has 0 aliphatic heterocycles. The second-order valence-corrected chi connectivity index (χ2v) is 12.9. The summed E-state index contributed by atoms with van der Waals surface area (Å²) in [6.07, 6.45) is 19.0. The number of phosphoric ester groups is 1. The van der Waals surface area contributed by atoms with Crippen LogP contribution >= 0.6 is 19.6 Å². The Kier molecular flexibility index (Phi) is 26.3. The van der Waals surface area contributed by atoms with Crippen LogP contribution in [0.3, 0.4) is 0 Å². The molecule has 0 unspecified atom stereocenters. The lowest BCUT2D eigenvalue weighted by molar-refractivity contribution is -0.161. The van der Waals surface area contributed by atoms with Gasteiger partial charge in [0.25, 0.3) is 0 Å². The molecular formula is C29H55O9PS. The minimum atomic E-state index is -4.75. The number of carbonyl (C=O) groups excluding carboxylic acids is 3. The third kappa shape index (κ3) is 30.0. The Labute approximate surface area is 246 Å². The normalized spacial score (nSPS) is 12.3. The fraction of sp³-hybridized carbons (Fsp3) is 0.897. The lowest BCUT2D eigenvalue weighted by Crippen LogP contribution is -2.29. The average Bonchev–Trinajstić information content (AvgIpc) is 2.89. The zero-order valence-corrected chi connectivity index (χ0v) is 26.7. The Balaban J connectivity index is 4.02. The molecule has 9 nitrogen and oxygen atoms in total. The van der Waals surface area contributed by atoms with Gasteiger partial charge in [0.1, 0.15) is 6.61 Å². The molecule has 0 saturated heterocycles. The van der Waals surface area contributed by atoms with Gasteiger partial charge in [0.15, 0.2) is 11.2 Å². The minimum Gasteiger partial charge on any atom is -0.462 e. The maximum Gasteiger partial charge on any atom is 0.469 e. The number of unbranched alkanes of at least 4 members (excludes halogenated alkanes) is 16. The average molecular weight is 611 g/mol. The fourth-order valence-corrected chi connectivity index (χ4v) is 5.20. The lowest BCUT2D eigenvalue weighted by Gasteiger charge is -2.18. The number of phosphoric acid groups is 1. The van der Waals surface area contributed by atoms with Crippen LogP contribution in [-0.2, 0) is 32.9 Å². The van der Waals surface area contributed by atoms with E-state index >= 15 is 0 Å². The summed E-state index contributed by atoms with van der Waals surface area (Å²) in [6, 6.07) is 0. The Morgan fingerprint density at radius 2 is 1.12 bits per heavy atom. The Bertz CT molecular complexity index is 699. The van der Waals surface area contributed by atoms with Gasteiger partial charge in [0, 0.05) is 25.5 Å². The highest BCUT2D eigenvalue weighted by Gasteiger charge is 2.22. The van der Waals surface area contributed by atoms with Gasteiger partial charge < -0.3 is 19.3 Å². The highest BCUT2D eigenvalue weighted by Crippen LogP contribution is 2.35. The quantitative estimate of drug-likeness (QED) is 0.0516. The van der Waals surface area contributed by atoms with E-state index in [1.165, 1.54) is 50.3 Å². The lowest BCUT2D eigenvalue weighted by atomic mass is 10.1. The number of carbonyl (C=O) groups is 3. The molecule has 0 aliphatic carbocycles. The standard InChI is InChI=1S/C29H55O9PS/c1-3-4-5-6-7-8-9-13-16-19-22-29(32)38-27(25-37-39(33,34)35)24-36-28(31)21-18-15-12-10-11-14-17-20-23-40-26(2)30/h27H,3-25H2,1-2H3,(H2,33,34,35)/t27-/m1/s1. The second kappa shape index (κ2) is 26.9. The molecule has 0 heterocycles. The van der Waals surface area contributed by atoms with Crippen molar-refractivity contribution >= 4 is 36.6 Å². The predicted molar refractivity (Wildman–Crippen MR) is 160 cm³/mol. The van der Waals surface area contributed by atoms with E-state index in [9.17, 15) is 18.9 Å². The van der Waals surface area contributed by atoms with E-state index in [-0.39, 0.29) is 24.6 Å². The van der Waals surface area contributed by atoms with Crippen molar-refractivity contribution in [2.75, 3.05) is 19.0 Å². The van der Waals surface area contributed by atoms with E-state index in [0.717, 1.165) is 70.0 Å². The van der Waals surface area contributed by atoms with Crippen molar-refractivity contribution in [1.29, 1.82) is 0 Å². The molecule has 0 aromatic rings. The molecule has 0 fully saturated rings. The molecule has 0 radical (unpaired) electrons. The number of thioether (sulfide) groups is 1. The fourth-order valence-electron chi connectivity index (χ4n) is 4.20. The van der Waals surface area contributed by atoms with Crippen LogP contribution in [0.1, 0.15) is 142 Å². The molecule has 40 heavy (non-hydrogen) atoms. The molecule has 236 valence electrons. The van der Waals surface area contributed by atoms with Crippen LogP contribution in [0.5, 0.6) is 0 Å². The number of hydrogen-bond acceptors (Lipinski definition) is 8. The van der Waals surface area contributed by atoms with Gasteiger partial charge in [-0.2, -0.15) is 0 Å². The van der Waals surface area contributed by atoms with Crippen molar-refractivity contribution in [1.82, 2.24) is 0 Å². The zero-order chi connectivity index (χ0) is 29.9. The van der Waals surface area contributed by atoms with E-state index in [1.54, 1.807) is 6.92 Å². The molecule has 0 rings (SSSR count). The second-order valence-electron chi connectivity index (χ2n) is 10.4. The molecule has 0 aliphatic rings. The Morgan fingerprint density at radius 3 is 1.60 bits per heavy atom. The SMILES string of the molecule is CCCCCCCCCCCCC(=O)O[C@H](COC(=O)CCCCCCCCCCSC(C)=O)COP(=O)(O)O. The van der Waals surface area contributed by atoms with E-state index in [1.807, 2.05) is 0 Å². The molecule has 2 N–H and O–H groups in total. The molecule has 0 saturated carbocycles. The van der Waals surface area contributed by atoms with Crippen molar-refractivity contribution in [2.45, 2.75) is 148 Å². The maximum atomic E-state index is 12.2. The van der Waals surface area contributed by atoms with Crippen LogP contribution in [0.15, 0.2) is 0 Å². The molecule has 11 heteroatoms. The number of esters is 2. The molecule has 0 bridgehead atoms. The first-order valence-electron chi connectivity index (χ1n) is 15.3. The van der Waals surface area contributed by atoms with Gasteiger partial charge in [0.05, 0.1) is 6.61 Å². The van der Waals surface area contributed by atoms with Gasteiger partial charge in [-0.1, -0.05) is 115 Å². The summed E-state index contributed by atoms with van der Waals surface area (Å²) in [5.74, 6) is -0.0371. The summed E-state index contributed by atoms with van der Waals surface area (Å²) in [4.78, 5) is 53.2. The summed E-state index contributed by atoms with van der Waals surface area (Å²) in [6.45, 7) is 2.95. The Hall–Kier alpha value is -0.930. The third-order valence-corrected chi connectivity index (χ3v) is 7.86. The summed E-state index contributed by atoms with van der Waals surface area (Å²) in [7, 11) is -4.75. The van der Waals surface area contributed by atoms with Gasteiger partial charge in [-0.05, 0) is 19.3 Å². The summed E-state index contributed by atoms with van der Waals surface area (Å²) in [5.41, 5.74) is 0. The number of rotatable bonds is 28. The van der Waals surface area contributed by atoms with Crippen molar-refractivity contribution in [2.24, 2.45) is 0 Å². The van der Waals surface area contributed by atoms with Gasteiger partial charge in [-0.3, -0.25) is 18.9 Å². The van der Waals surface area contributed by atoms with Crippen LogP contribution in [0.2, 0.25) is 0 Å². The molecule has 0 amide bonds. The van der Waals surface area contributed by atoms with E-state index in [0.29, 0.717) is 12.8 Å². The van der Waals surface area contributed by atoms with E-state index in [4.69, 9.17) is 19.3 Å². The van der Waals surface area contributed by atoms with Crippen molar-refractivity contribution in [3.05, 3.63) is 0 Å². The van der Waals surface area contributed by atoms with Crippen LogP contribution in [0.4, 0.5) is 0 Å².